The van der Waals surface area contributed by atoms with Crippen LogP contribution in [-0.2, 0) is 10.0 Å². The number of thioether (sulfide) groups is 1. The molecule has 0 bridgehead atoms. The molecule has 1 unspecified atom stereocenters. The summed E-state index contributed by atoms with van der Waals surface area (Å²) in [4.78, 5) is -0.0563. The molecule has 0 saturated heterocycles. The van der Waals surface area contributed by atoms with Gasteiger partial charge in [-0.15, -0.1) is 0 Å². The number of halogens is 2. The molecular weight excluding hydrogens is 341 g/mol. The van der Waals surface area contributed by atoms with Crippen molar-refractivity contribution >= 4 is 37.7 Å². The van der Waals surface area contributed by atoms with Crippen LogP contribution >= 0.6 is 27.7 Å². The van der Waals surface area contributed by atoms with Gasteiger partial charge in [0.05, 0.1) is 9.37 Å². The third-order valence-corrected chi connectivity index (χ3v) is 5.19. The molecule has 3 nitrogen and oxygen atoms in total. The first-order valence-electron chi connectivity index (χ1n) is 5.33. The summed E-state index contributed by atoms with van der Waals surface area (Å²) in [5, 5.41) is 0. The molecule has 1 N–H and O–H groups in total. The number of benzene rings is 1. The average Bonchev–Trinajstić information content (AvgIpc) is 2.29. The highest BCUT2D eigenvalue weighted by atomic mass is 79.9. The maximum Gasteiger partial charge on any atom is 0.240 e. The fraction of sp³-hybridized carbons (Fsp3) is 0.455. The summed E-state index contributed by atoms with van der Waals surface area (Å²) in [6.07, 6.45) is 2.70. The van der Waals surface area contributed by atoms with Gasteiger partial charge < -0.3 is 0 Å². The van der Waals surface area contributed by atoms with Gasteiger partial charge in [-0.1, -0.05) is 0 Å². The standard InChI is InChI=1S/C11H15BrFNO2S2/c1-8(5-6-17-2)14-18(15,16)9-3-4-10(12)11(13)7-9/h3-4,7-8,14H,5-6H2,1-2H3. The minimum Gasteiger partial charge on any atom is -0.208 e. The molecule has 102 valence electrons. The number of sulfonamides is 1. The van der Waals surface area contributed by atoms with Gasteiger partial charge in [-0.3, -0.25) is 0 Å². The SMILES string of the molecule is CSCCC(C)NS(=O)(=O)c1ccc(Br)c(F)c1. The first-order valence-corrected chi connectivity index (χ1v) is 9.00. The van der Waals surface area contributed by atoms with Gasteiger partial charge >= 0.3 is 0 Å². The summed E-state index contributed by atoms with van der Waals surface area (Å²) in [6, 6.07) is 3.59. The van der Waals surface area contributed by atoms with Crippen LogP contribution in [0.5, 0.6) is 0 Å². The normalized spacial score (nSPS) is 13.6. The Morgan fingerprint density at radius 1 is 1.50 bits per heavy atom. The van der Waals surface area contributed by atoms with Crippen molar-refractivity contribution in [3.05, 3.63) is 28.5 Å². The van der Waals surface area contributed by atoms with Gasteiger partial charge in [-0.05, 0) is 59.5 Å². The first kappa shape index (κ1) is 15.9. The van der Waals surface area contributed by atoms with Gasteiger partial charge in [0.1, 0.15) is 5.82 Å². The minimum atomic E-state index is -3.65. The summed E-state index contributed by atoms with van der Waals surface area (Å²) in [6.45, 7) is 1.79. The second-order valence-electron chi connectivity index (χ2n) is 3.88. The lowest BCUT2D eigenvalue weighted by atomic mass is 10.3. The van der Waals surface area contributed by atoms with E-state index in [0.29, 0.717) is 0 Å². The van der Waals surface area contributed by atoms with Crippen LogP contribution in [0.15, 0.2) is 27.6 Å². The van der Waals surface area contributed by atoms with Crippen molar-refractivity contribution in [3.63, 3.8) is 0 Å². The second-order valence-corrected chi connectivity index (χ2v) is 7.43. The molecule has 0 amide bonds. The Labute approximate surface area is 120 Å². The fourth-order valence-corrected chi connectivity index (χ4v) is 3.46. The van der Waals surface area contributed by atoms with E-state index in [9.17, 15) is 12.8 Å². The van der Waals surface area contributed by atoms with E-state index in [2.05, 4.69) is 20.7 Å². The Bertz CT molecular complexity index is 508. The maximum absolute atomic E-state index is 13.3. The van der Waals surface area contributed by atoms with Crippen molar-refractivity contribution in [2.45, 2.75) is 24.3 Å². The molecular formula is C11H15BrFNO2S2. The van der Waals surface area contributed by atoms with Gasteiger partial charge in [-0.2, -0.15) is 11.8 Å². The summed E-state index contributed by atoms with van der Waals surface area (Å²) in [5.74, 6) is 0.285. The number of rotatable bonds is 6. The predicted molar refractivity (Wildman–Crippen MR) is 76.9 cm³/mol. The summed E-state index contributed by atoms with van der Waals surface area (Å²) >= 11 is 4.64. The Kier molecular flexibility index (Phi) is 6.10. The van der Waals surface area contributed by atoms with E-state index < -0.39 is 15.8 Å². The van der Waals surface area contributed by atoms with Gasteiger partial charge in [0.15, 0.2) is 0 Å². The number of hydrogen-bond acceptors (Lipinski definition) is 3. The third-order valence-electron chi connectivity index (χ3n) is 2.31. The summed E-state index contributed by atoms with van der Waals surface area (Å²) in [5.41, 5.74) is 0. The zero-order valence-electron chi connectivity index (χ0n) is 10.1. The fourth-order valence-electron chi connectivity index (χ4n) is 1.33. The Balaban J connectivity index is 2.83. The van der Waals surface area contributed by atoms with Gasteiger partial charge in [0, 0.05) is 6.04 Å². The van der Waals surface area contributed by atoms with E-state index in [4.69, 9.17) is 0 Å². The molecule has 0 spiro atoms. The van der Waals surface area contributed by atoms with Crippen LogP contribution in [0.1, 0.15) is 13.3 Å². The van der Waals surface area contributed by atoms with E-state index >= 15 is 0 Å². The van der Waals surface area contributed by atoms with Gasteiger partial charge in [-0.25, -0.2) is 17.5 Å². The topological polar surface area (TPSA) is 46.2 Å². The molecule has 0 saturated carbocycles. The van der Waals surface area contributed by atoms with Crippen molar-refractivity contribution in [2.75, 3.05) is 12.0 Å². The van der Waals surface area contributed by atoms with Crippen LogP contribution < -0.4 is 4.72 Å². The largest absolute Gasteiger partial charge is 0.240 e. The molecule has 1 atom stereocenters. The van der Waals surface area contributed by atoms with Crippen LogP contribution in [0, 0.1) is 5.82 Å². The van der Waals surface area contributed by atoms with E-state index in [-0.39, 0.29) is 15.4 Å². The predicted octanol–water partition coefficient (Wildman–Crippen LogP) is 3.01. The summed E-state index contributed by atoms with van der Waals surface area (Å²) in [7, 11) is -3.65. The Hall–Kier alpha value is -0.110. The monoisotopic (exact) mass is 355 g/mol. The van der Waals surface area contributed by atoms with Crippen molar-refractivity contribution in [1.82, 2.24) is 4.72 Å². The van der Waals surface area contributed by atoms with Crippen molar-refractivity contribution in [1.29, 1.82) is 0 Å². The van der Waals surface area contributed by atoms with Gasteiger partial charge in [0.2, 0.25) is 10.0 Å². The molecule has 18 heavy (non-hydrogen) atoms. The second kappa shape index (κ2) is 6.88. The molecule has 1 aromatic rings. The smallest absolute Gasteiger partial charge is 0.208 e. The minimum absolute atomic E-state index is 0.0563. The molecule has 7 heteroatoms. The van der Waals surface area contributed by atoms with E-state index in [1.165, 1.54) is 12.1 Å². The molecule has 0 heterocycles. The zero-order valence-corrected chi connectivity index (χ0v) is 13.3. The van der Waals surface area contributed by atoms with Crippen molar-refractivity contribution in [2.24, 2.45) is 0 Å². The highest BCUT2D eigenvalue weighted by Crippen LogP contribution is 2.19. The van der Waals surface area contributed by atoms with Crippen LogP contribution in [0.25, 0.3) is 0 Å². The lowest BCUT2D eigenvalue weighted by molar-refractivity contribution is 0.554. The molecule has 1 rings (SSSR count). The van der Waals surface area contributed by atoms with Crippen molar-refractivity contribution in [3.8, 4) is 0 Å². The molecule has 0 aliphatic rings. The van der Waals surface area contributed by atoms with E-state index in [1.807, 2.05) is 6.26 Å². The average molecular weight is 356 g/mol. The molecule has 0 aliphatic carbocycles. The Morgan fingerprint density at radius 2 is 2.17 bits per heavy atom. The summed E-state index contributed by atoms with van der Waals surface area (Å²) < 4.78 is 40.0. The first-order chi connectivity index (χ1) is 8.36. The molecule has 0 radical (unpaired) electrons. The van der Waals surface area contributed by atoms with Crippen LogP contribution in [0.3, 0.4) is 0 Å². The number of hydrogen-bond donors (Lipinski definition) is 1. The maximum atomic E-state index is 13.3. The van der Waals surface area contributed by atoms with Gasteiger partial charge in [0.25, 0.3) is 0 Å². The highest BCUT2D eigenvalue weighted by Gasteiger charge is 2.18. The quantitative estimate of drug-likeness (QED) is 0.852. The van der Waals surface area contributed by atoms with E-state index in [1.54, 1.807) is 18.7 Å². The highest BCUT2D eigenvalue weighted by molar-refractivity contribution is 9.10. The molecule has 0 fully saturated rings. The van der Waals surface area contributed by atoms with Crippen LogP contribution in [-0.4, -0.2) is 26.5 Å². The molecule has 0 aliphatic heterocycles. The zero-order chi connectivity index (χ0) is 13.8. The van der Waals surface area contributed by atoms with Crippen molar-refractivity contribution < 1.29 is 12.8 Å². The van der Waals surface area contributed by atoms with Crippen LogP contribution in [0.2, 0.25) is 0 Å². The third kappa shape index (κ3) is 4.53. The lowest BCUT2D eigenvalue weighted by Crippen LogP contribution is -2.33. The van der Waals surface area contributed by atoms with Crippen LogP contribution in [0.4, 0.5) is 4.39 Å². The lowest BCUT2D eigenvalue weighted by Gasteiger charge is -2.13. The molecule has 0 aromatic heterocycles. The Morgan fingerprint density at radius 3 is 2.72 bits per heavy atom. The number of nitrogens with one attached hydrogen (secondary N) is 1. The van der Waals surface area contributed by atoms with E-state index in [0.717, 1.165) is 18.2 Å². The molecule has 1 aromatic carbocycles.